The van der Waals surface area contributed by atoms with Gasteiger partial charge in [0.25, 0.3) is 0 Å². The van der Waals surface area contributed by atoms with Gasteiger partial charge in [-0.05, 0) is 25.8 Å². The SMILES string of the molecule is CCOC(=O)NCc1nc2cnc3[nH]ccc3c2n1C1CCN(CCN)CC1. The minimum atomic E-state index is -0.427. The fraction of sp³-hybridized carbons (Fsp3) is 0.526. The summed E-state index contributed by atoms with van der Waals surface area (Å²) in [5.41, 5.74) is 8.47. The average molecular weight is 385 g/mol. The number of likely N-dealkylation sites (tertiary alicyclic amines) is 1. The van der Waals surface area contributed by atoms with E-state index in [1.165, 1.54) is 0 Å². The number of fused-ring (bicyclic) bond motifs is 3. The Hall–Kier alpha value is -2.65. The lowest BCUT2D eigenvalue weighted by atomic mass is 10.0. The molecule has 1 fully saturated rings. The molecule has 0 radical (unpaired) electrons. The van der Waals surface area contributed by atoms with Crippen molar-refractivity contribution >= 4 is 28.2 Å². The van der Waals surface area contributed by atoms with E-state index in [1.807, 2.05) is 12.3 Å². The number of pyridine rings is 1. The summed E-state index contributed by atoms with van der Waals surface area (Å²) < 4.78 is 7.29. The largest absolute Gasteiger partial charge is 0.450 e. The number of nitrogens with zero attached hydrogens (tertiary/aromatic N) is 4. The van der Waals surface area contributed by atoms with Crippen molar-refractivity contribution < 1.29 is 9.53 Å². The zero-order valence-corrected chi connectivity index (χ0v) is 16.1. The summed E-state index contributed by atoms with van der Waals surface area (Å²) >= 11 is 0. The number of aromatic amines is 1. The number of ether oxygens (including phenoxy) is 1. The number of alkyl carbamates (subject to hydrolysis) is 1. The van der Waals surface area contributed by atoms with Gasteiger partial charge in [0.15, 0.2) is 0 Å². The topological polar surface area (TPSA) is 114 Å². The van der Waals surface area contributed by atoms with E-state index in [0.29, 0.717) is 25.7 Å². The van der Waals surface area contributed by atoms with E-state index in [4.69, 9.17) is 15.5 Å². The first-order chi connectivity index (χ1) is 13.7. The molecule has 0 unspecified atom stereocenters. The first-order valence-corrected chi connectivity index (χ1v) is 9.87. The second kappa shape index (κ2) is 8.15. The molecule has 3 aromatic rings. The highest BCUT2D eigenvalue weighted by Crippen LogP contribution is 2.32. The number of hydrogen-bond donors (Lipinski definition) is 3. The van der Waals surface area contributed by atoms with Crippen molar-refractivity contribution in [1.29, 1.82) is 0 Å². The molecule has 4 heterocycles. The average Bonchev–Trinajstić information content (AvgIpc) is 3.31. The van der Waals surface area contributed by atoms with Crippen molar-refractivity contribution in [1.82, 2.24) is 29.7 Å². The number of imidazole rings is 1. The Kier molecular flexibility index (Phi) is 5.45. The first kappa shape index (κ1) is 18.7. The standard InChI is InChI=1S/C19H27N7O2/c1-2-28-19(27)23-12-16-24-15-11-22-18-14(3-7-21-18)17(15)26(16)13-4-8-25(9-5-13)10-6-20/h3,7,11,13H,2,4-6,8-10,12,20H2,1H3,(H,21,22)(H,23,27). The number of H-pyrrole nitrogens is 1. The Morgan fingerprint density at radius 2 is 2.25 bits per heavy atom. The summed E-state index contributed by atoms with van der Waals surface area (Å²) in [5, 5.41) is 3.86. The third-order valence-electron chi connectivity index (χ3n) is 5.34. The van der Waals surface area contributed by atoms with Crippen LogP contribution >= 0.6 is 0 Å². The van der Waals surface area contributed by atoms with E-state index in [-0.39, 0.29) is 0 Å². The Morgan fingerprint density at radius 1 is 1.43 bits per heavy atom. The predicted molar refractivity (Wildman–Crippen MR) is 107 cm³/mol. The number of carbonyl (C=O) groups excluding carboxylic acids is 1. The monoisotopic (exact) mass is 385 g/mol. The molecule has 0 spiro atoms. The van der Waals surface area contributed by atoms with Crippen molar-refractivity contribution in [2.45, 2.75) is 32.4 Å². The minimum absolute atomic E-state index is 0.318. The molecule has 1 aliphatic heterocycles. The Labute approximate surface area is 163 Å². The maximum atomic E-state index is 11.8. The molecule has 0 bridgehead atoms. The zero-order valence-electron chi connectivity index (χ0n) is 16.1. The molecule has 28 heavy (non-hydrogen) atoms. The number of amides is 1. The minimum Gasteiger partial charge on any atom is -0.450 e. The number of rotatable bonds is 6. The normalized spacial score (nSPS) is 16.1. The molecule has 1 amide bonds. The molecule has 0 atom stereocenters. The van der Waals surface area contributed by atoms with Gasteiger partial charge in [-0.2, -0.15) is 0 Å². The van der Waals surface area contributed by atoms with Crippen LogP contribution in [0.25, 0.3) is 22.1 Å². The predicted octanol–water partition coefficient (Wildman–Crippen LogP) is 1.75. The van der Waals surface area contributed by atoms with Gasteiger partial charge in [0.05, 0.1) is 24.9 Å². The van der Waals surface area contributed by atoms with Crippen LogP contribution in [0.2, 0.25) is 0 Å². The van der Waals surface area contributed by atoms with Crippen LogP contribution in [-0.4, -0.2) is 63.3 Å². The quantitative estimate of drug-likeness (QED) is 0.596. The van der Waals surface area contributed by atoms with Crippen LogP contribution in [0.15, 0.2) is 18.5 Å². The highest BCUT2D eigenvalue weighted by atomic mass is 16.5. The summed E-state index contributed by atoms with van der Waals surface area (Å²) in [5.74, 6) is 0.829. The second-order valence-electron chi connectivity index (χ2n) is 7.07. The van der Waals surface area contributed by atoms with Crippen LogP contribution in [-0.2, 0) is 11.3 Å². The number of aromatic nitrogens is 4. The number of carbonyl (C=O) groups is 1. The van der Waals surface area contributed by atoms with Crippen molar-refractivity contribution in [2.24, 2.45) is 5.73 Å². The fourth-order valence-electron chi connectivity index (χ4n) is 4.08. The van der Waals surface area contributed by atoms with Crippen molar-refractivity contribution in [3.8, 4) is 0 Å². The summed E-state index contributed by atoms with van der Waals surface area (Å²) in [4.78, 5) is 26.6. The fourth-order valence-corrected chi connectivity index (χ4v) is 4.08. The van der Waals surface area contributed by atoms with E-state index in [0.717, 1.165) is 60.4 Å². The van der Waals surface area contributed by atoms with Crippen LogP contribution in [0.3, 0.4) is 0 Å². The van der Waals surface area contributed by atoms with Crippen molar-refractivity contribution in [3.63, 3.8) is 0 Å². The maximum absolute atomic E-state index is 11.8. The summed E-state index contributed by atoms with van der Waals surface area (Å²) in [6.45, 7) is 6.08. The van der Waals surface area contributed by atoms with Crippen molar-refractivity contribution in [3.05, 3.63) is 24.3 Å². The number of nitrogens with two attached hydrogens (primary N) is 1. The molecule has 3 aromatic heterocycles. The Morgan fingerprint density at radius 3 is 3.00 bits per heavy atom. The Bertz CT molecular complexity index is 956. The number of piperidine rings is 1. The summed E-state index contributed by atoms with van der Waals surface area (Å²) in [6, 6.07) is 2.35. The van der Waals surface area contributed by atoms with Crippen molar-refractivity contribution in [2.75, 3.05) is 32.8 Å². The van der Waals surface area contributed by atoms with Gasteiger partial charge < -0.3 is 30.2 Å². The first-order valence-electron chi connectivity index (χ1n) is 9.87. The second-order valence-corrected chi connectivity index (χ2v) is 7.07. The molecule has 0 aromatic carbocycles. The molecule has 1 saturated heterocycles. The summed E-state index contributed by atoms with van der Waals surface area (Å²) in [7, 11) is 0. The van der Waals surface area contributed by atoms with Gasteiger partial charge in [-0.3, -0.25) is 0 Å². The van der Waals surface area contributed by atoms with Crippen LogP contribution in [0, 0.1) is 0 Å². The van der Waals surface area contributed by atoms with Gasteiger partial charge in [0.2, 0.25) is 0 Å². The van der Waals surface area contributed by atoms with Crippen LogP contribution < -0.4 is 11.1 Å². The van der Waals surface area contributed by atoms with Gasteiger partial charge in [0.1, 0.15) is 17.0 Å². The zero-order chi connectivity index (χ0) is 19.5. The van der Waals surface area contributed by atoms with Crippen LogP contribution in [0.1, 0.15) is 31.6 Å². The van der Waals surface area contributed by atoms with Gasteiger partial charge in [-0.1, -0.05) is 0 Å². The third-order valence-corrected chi connectivity index (χ3v) is 5.34. The number of hydrogen-bond acceptors (Lipinski definition) is 6. The molecular weight excluding hydrogens is 358 g/mol. The lowest BCUT2D eigenvalue weighted by Crippen LogP contribution is -2.38. The molecule has 0 saturated carbocycles. The molecular formula is C19H27N7O2. The van der Waals surface area contributed by atoms with E-state index in [2.05, 4.69) is 24.8 Å². The van der Waals surface area contributed by atoms with E-state index >= 15 is 0 Å². The van der Waals surface area contributed by atoms with E-state index in [9.17, 15) is 4.79 Å². The molecule has 1 aliphatic rings. The van der Waals surface area contributed by atoms with Gasteiger partial charge in [-0.25, -0.2) is 14.8 Å². The smallest absolute Gasteiger partial charge is 0.407 e. The lowest BCUT2D eigenvalue weighted by Gasteiger charge is -2.33. The molecule has 9 heteroatoms. The third kappa shape index (κ3) is 3.55. The number of nitrogens with one attached hydrogen (secondary N) is 2. The van der Waals surface area contributed by atoms with Gasteiger partial charge >= 0.3 is 6.09 Å². The van der Waals surface area contributed by atoms with Crippen LogP contribution in [0.4, 0.5) is 4.79 Å². The lowest BCUT2D eigenvalue weighted by molar-refractivity contribution is 0.151. The Balaban J connectivity index is 1.69. The molecule has 4 N–H and O–H groups in total. The summed E-state index contributed by atoms with van der Waals surface area (Å²) in [6.07, 6.45) is 5.30. The molecule has 9 nitrogen and oxygen atoms in total. The molecule has 4 rings (SSSR count). The van der Waals surface area contributed by atoms with Gasteiger partial charge in [-0.15, -0.1) is 0 Å². The highest BCUT2D eigenvalue weighted by molar-refractivity contribution is 6.01. The molecule has 0 aliphatic carbocycles. The maximum Gasteiger partial charge on any atom is 0.407 e. The van der Waals surface area contributed by atoms with E-state index in [1.54, 1.807) is 13.1 Å². The van der Waals surface area contributed by atoms with E-state index < -0.39 is 6.09 Å². The van der Waals surface area contributed by atoms with Crippen LogP contribution in [0.5, 0.6) is 0 Å². The highest BCUT2D eigenvalue weighted by Gasteiger charge is 2.25. The van der Waals surface area contributed by atoms with Gasteiger partial charge in [0, 0.05) is 43.8 Å². The molecule has 150 valence electrons.